The highest BCUT2D eigenvalue weighted by atomic mass is 15.2. The van der Waals surface area contributed by atoms with Gasteiger partial charge in [0.05, 0.1) is 0 Å². The SMILES string of the molecule is Cc1ccc(C(CN)N2CC3CCC2C3)c(C)c1. The van der Waals surface area contributed by atoms with Gasteiger partial charge in [0.2, 0.25) is 0 Å². The third-order valence-corrected chi connectivity index (χ3v) is 4.86. The Morgan fingerprint density at radius 2 is 2.17 bits per heavy atom. The van der Waals surface area contributed by atoms with Gasteiger partial charge in [-0.2, -0.15) is 0 Å². The van der Waals surface area contributed by atoms with Gasteiger partial charge in [0.15, 0.2) is 0 Å². The van der Waals surface area contributed by atoms with Gasteiger partial charge in [-0.1, -0.05) is 23.8 Å². The predicted octanol–water partition coefficient (Wildman–Crippen LogP) is 2.79. The lowest BCUT2D eigenvalue weighted by Crippen LogP contribution is -2.39. The van der Waals surface area contributed by atoms with Crippen LogP contribution in [-0.2, 0) is 0 Å². The Morgan fingerprint density at radius 1 is 1.33 bits per heavy atom. The number of likely N-dealkylation sites (tertiary alicyclic amines) is 1. The van der Waals surface area contributed by atoms with Crippen molar-refractivity contribution >= 4 is 0 Å². The van der Waals surface area contributed by atoms with Gasteiger partial charge in [-0.15, -0.1) is 0 Å². The molecule has 18 heavy (non-hydrogen) atoms. The molecule has 1 aromatic rings. The lowest BCUT2D eigenvalue weighted by Gasteiger charge is -2.35. The summed E-state index contributed by atoms with van der Waals surface area (Å²) in [6.07, 6.45) is 4.22. The third-order valence-electron chi connectivity index (χ3n) is 4.86. The van der Waals surface area contributed by atoms with Crippen LogP contribution in [0.4, 0.5) is 0 Å². The monoisotopic (exact) mass is 244 g/mol. The van der Waals surface area contributed by atoms with E-state index in [1.165, 1.54) is 42.5 Å². The summed E-state index contributed by atoms with van der Waals surface area (Å²) < 4.78 is 0. The normalized spacial score (nSPS) is 28.8. The molecule has 0 radical (unpaired) electrons. The van der Waals surface area contributed by atoms with Crippen molar-refractivity contribution in [1.82, 2.24) is 4.90 Å². The first kappa shape index (κ1) is 12.2. The average molecular weight is 244 g/mol. The second kappa shape index (κ2) is 4.67. The molecular weight excluding hydrogens is 220 g/mol. The highest BCUT2D eigenvalue weighted by Gasteiger charge is 2.41. The van der Waals surface area contributed by atoms with E-state index < -0.39 is 0 Å². The molecule has 1 aliphatic carbocycles. The molecule has 3 rings (SSSR count). The zero-order chi connectivity index (χ0) is 12.7. The van der Waals surface area contributed by atoms with Gasteiger partial charge in [0, 0.05) is 25.2 Å². The number of fused-ring (bicyclic) bond motifs is 2. The topological polar surface area (TPSA) is 29.3 Å². The molecule has 1 saturated carbocycles. The highest BCUT2D eigenvalue weighted by Crippen LogP contribution is 2.42. The minimum atomic E-state index is 0.431. The lowest BCUT2D eigenvalue weighted by atomic mass is 9.96. The van der Waals surface area contributed by atoms with Crippen LogP contribution in [0, 0.1) is 19.8 Å². The minimum Gasteiger partial charge on any atom is -0.329 e. The van der Waals surface area contributed by atoms with E-state index in [-0.39, 0.29) is 0 Å². The highest BCUT2D eigenvalue weighted by molar-refractivity contribution is 5.33. The first-order valence-electron chi connectivity index (χ1n) is 7.22. The van der Waals surface area contributed by atoms with Crippen molar-refractivity contribution < 1.29 is 0 Å². The maximum atomic E-state index is 6.08. The molecule has 0 amide bonds. The Morgan fingerprint density at radius 3 is 2.72 bits per heavy atom. The number of benzene rings is 1. The summed E-state index contributed by atoms with van der Waals surface area (Å²) >= 11 is 0. The van der Waals surface area contributed by atoms with Crippen LogP contribution in [0.2, 0.25) is 0 Å². The van der Waals surface area contributed by atoms with E-state index in [1.807, 2.05) is 0 Å². The van der Waals surface area contributed by atoms with Crippen LogP contribution in [0.25, 0.3) is 0 Å². The molecule has 1 heterocycles. The van der Waals surface area contributed by atoms with Crippen LogP contribution >= 0.6 is 0 Å². The first-order chi connectivity index (χ1) is 8.69. The Labute approximate surface area is 110 Å². The fourth-order valence-electron chi connectivity index (χ4n) is 3.99. The third kappa shape index (κ3) is 1.98. The van der Waals surface area contributed by atoms with Crippen molar-refractivity contribution in [3.8, 4) is 0 Å². The van der Waals surface area contributed by atoms with Crippen LogP contribution in [0.1, 0.15) is 42.0 Å². The van der Waals surface area contributed by atoms with E-state index >= 15 is 0 Å². The van der Waals surface area contributed by atoms with Gasteiger partial charge >= 0.3 is 0 Å². The van der Waals surface area contributed by atoms with Crippen molar-refractivity contribution in [1.29, 1.82) is 0 Å². The van der Waals surface area contributed by atoms with Gasteiger partial charge in [-0.25, -0.2) is 0 Å². The van der Waals surface area contributed by atoms with Crippen molar-refractivity contribution in [3.05, 3.63) is 34.9 Å². The summed E-state index contributed by atoms with van der Waals surface area (Å²) in [6.45, 7) is 6.39. The molecule has 2 bridgehead atoms. The quantitative estimate of drug-likeness (QED) is 0.886. The fourth-order valence-corrected chi connectivity index (χ4v) is 3.99. The number of hydrogen-bond donors (Lipinski definition) is 1. The molecule has 0 aromatic heterocycles. The molecule has 2 N–H and O–H groups in total. The van der Waals surface area contributed by atoms with Crippen LogP contribution in [0.3, 0.4) is 0 Å². The molecule has 3 unspecified atom stereocenters. The van der Waals surface area contributed by atoms with Crippen molar-refractivity contribution in [2.75, 3.05) is 13.1 Å². The number of aryl methyl sites for hydroxylation is 2. The number of nitrogens with two attached hydrogens (primary N) is 1. The second-order valence-corrected chi connectivity index (χ2v) is 6.14. The molecule has 2 aliphatic rings. The largest absolute Gasteiger partial charge is 0.329 e. The summed E-state index contributed by atoms with van der Waals surface area (Å²) in [5.41, 5.74) is 10.3. The van der Waals surface area contributed by atoms with Gasteiger partial charge in [-0.05, 0) is 50.2 Å². The van der Waals surface area contributed by atoms with Gasteiger partial charge in [0.25, 0.3) is 0 Å². The van der Waals surface area contributed by atoms with Crippen LogP contribution in [0.5, 0.6) is 0 Å². The van der Waals surface area contributed by atoms with Crippen molar-refractivity contribution in [2.45, 2.75) is 45.2 Å². The zero-order valence-electron chi connectivity index (χ0n) is 11.5. The Kier molecular flexibility index (Phi) is 3.16. The Bertz CT molecular complexity index is 441. The predicted molar refractivity (Wildman–Crippen MR) is 75.5 cm³/mol. The summed E-state index contributed by atoms with van der Waals surface area (Å²) in [5, 5.41) is 0. The molecule has 98 valence electrons. The smallest absolute Gasteiger partial charge is 0.0476 e. The molecule has 3 atom stereocenters. The Balaban J connectivity index is 1.88. The van der Waals surface area contributed by atoms with Crippen LogP contribution < -0.4 is 5.73 Å². The van der Waals surface area contributed by atoms with Crippen molar-refractivity contribution in [3.63, 3.8) is 0 Å². The average Bonchev–Trinajstić information content (AvgIpc) is 2.95. The minimum absolute atomic E-state index is 0.431. The molecule has 2 fully saturated rings. The standard InChI is InChI=1S/C16H24N2/c1-11-3-6-15(12(2)7-11)16(9-17)18-10-13-4-5-14(18)8-13/h3,6-7,13-14,16H,4-5,8-10,17H2,1-2H3. The van der Waals surface area contributed by atoms with E-state index in [0.29, 0.717) is 6.04 Å². The summed E-state index contributed by atoms with van der Waals surface area (Å²) in [7, 11) is 0. The van der Waals surface area contributed by atoms with Crippen LogP contribution in [0.15, 0.2) is 18.2 Å². The Hall–Kier alpha value is -0.860. The van der Waals surface area contributed by atoms with Crippen molar-refractivity contribution in [2.24, 2.45) is 11.7 Å². The van der Waals surface area contributed by atoms with Crippen LogP contribution in [-0.4, -0.2) is 24.0 Å². The molecule has 1 aromatic carbocycles. The molecule has 0 spiro atoms. The molecule has 1 saturated heterocycles. The van der Waals surface area contributed by atoms with E-state index in [1.54, 1.807) is 0 Å². The summed E-state index contributed by atoms with van der Waals surface area (Å²) in [5.74, 6) is 0.940. The number of hydrogen-bond acceptors (Lipinski definition) is 2. The lowest BCUT2D eigenvalue weighted by molar-refractivity contribution is 0.152. The number of piperidine rings is 1. The molecule has 1 aliphatic heterocycles. The number of nitrogens with zero attached hydrogens (tertiary/aromatic N) is 1. The molecule has 2 heteroatoms. The van der Waals surface area contributed by atoms with E-state index in [2.05, 4.69) is 36.9 Å². The summed E-state index contributed by atoms with van der Waals surface area (Å²) in [6, 6.07) is 8.02. The van der Waals surface area contributed by atoms with E-state index in [4.69, 9.17) is 5.73 Å². The maximum Gasteiger partial charge on any atom is 0.0476 e. The van der Waals surface area contributed by atoms with E-state index in [0.717, 1.165) is 18.5 Å². The molecular formula is C16H24N2. The fraction of sp³-hybridized carbons (Fsp3) is 0.625. The van der Waals surface area contributed by atoms with Gasteiger partial charge < -0.3 is 5.73 Å². The molecule has 2 nitrogen and oxygen atoms in total. The summed E-state index contributed by atoms with van der Waals surface area (Å²) in [4.78, 5) is 2.67. The number of rotatable bonds is 3. The zero-order valence-corrected chi connectivity index (χ0v) is 11.5. The maximum absolute atomic E-state index is 6.08. The van der Waals surface area contributed by atoms with Gasteiger partial charge in [0.1, 0.15) is 0 Å². The van der Waals surface area contributed by atoms with E-state index in [9.17, 15) is 0 Å². The first-order valence-corrected chi connectivity index (χ1v) is 7.22. The second-order valence-electron chi connectivity index (χ2n) is 6.14. The van der Waals surface area contributed by atoms with Gasteiger partial charge in [-0.3, -0.25) is 4.90 Å².